The monoisotopic (exact) mass is 283 g/mol. The molecule has 3 N–H and O–H groups in total. The van der Waals surface area contributed by atoms with E-state index in [9.17, 15) is 9.18 Å². The lowest BCUT2D eigenvalue weighted by atomic mass is 10.1. The van der Waals surface area contributed by atoms with Gasteiger partial charge in [0.15, 0.2) is 0 Å². The van der Waals surface area contributed by atoms with Crippen molar-refractivity contribution in [3.05, 3.63) is 59.0 Å². The number of hydrogen-bond donors (Lipinski definition) is 2. The number of aromatic nitrogens is 1. The minimum Gasteiger partial charge on any atom is -0.320 e. The molecule has 5 heteroatoms. The van der Waals surface area contributed by atoms with E-state index < -0.39 is 11.7 Å². The molecule has 0 unspecified atom stereocenters. The normalized spacial score (nSPS) is 9.67. The molecular formula is C16H14FN3O. The smallest absolute Gasteiger partial charge is 0.257 e. The van der Waals surface area contributed by atoms with E-state index in [1.807, 2.05) is 0 Å². The average molecular weight is 283 g/mol. The first-order chi connectivity index (χ1) is 10.1. The number of carbonyl (C=O) groups excluding carboxylic acids is 1. The third-order valence-corrected chi connectivity index (χ3v) is 2.75. The molecule has 21 heavy (non-hydrogen) atoms. The predicted molar refractivity (Wildman–Crippen MR) is 79.3 cm³/mol. The van der Waals surface area contributed by atoms with E-state index in [0.717, 1.165) is 0 Å². The molecule has 1 aromatic carbocycles. The van der Waals surface area contributed by atoms with Crippen LogP contribution in [0.1, 0.15) is 21.6 Å². The van der Waals surface area contributed by atoms with Crippen LogP contribution in [0.3, 0.4) is 0 Å². The van der Waals surface area contributed by atoms with Crippen LogP contribution in [-0.2, 0) is 0 Å². The van der Waals surface area contributed by atoms with Gasteiger partial charge in [-0.25, -0.2) is 9.37 Å². The molecule has 0 spiro atoms. The highest BCUT2D eigenvalue weighted by Crippen LogP contribution is 2.13. The fourth-order valence-electron chi connectivity index (χ4n) is 1.74. The van der Waals surface area contributed by atoms with Crippen LogP contribution in [0, 0.1) is 24.6 Å². The van der Waals surface area contributed by atoms with E-state index in [2.05, 4.69) is 22.1 Å². The first-order valence-corrected chi connectivity index (χ1v) is 6.33. The Hall–Kier alpha value is -2.71. The number of nitrogens with two attached hydrogens (primary N) is 1. The van der Waals surface area contributed by atoms with Gasteiger partial charge < -0.3 is 11.1 Å². The Morgan fingerprint density at radius 1 is 1.38 bits per heavy atom. The van der Waals surface area contributed by atoms with Crippen LogP contribution in [0.15, 0.2) is 36.4 Å². The summed E-state index contributed by atoms with van der Waals surface area (Å²) in [7, 11) is 0. The average Bonchev–Trinajstić information content (AvgIpc) is 2.48. The molecule has 0 saturated heterocycles. The molecule has 2 rings (SSSR count). The number of nitrogens with one attached hydrogen (secondary N) is 1. The Balaban J connectivity index is 2.21. The van der Waals surface area contributed by atoms with Crippen LogP contribution in [0.4, 0.5) is 10.2 Å². The van der Waals surface area contributed by atoms with Crippen molar-refractivity contribution < 1.29 is 9.18 Å². The summed E-state index contributed by atoms with van der Waals surface area (Å²) >= 11 is 0. The first kappa shape index (κ1) is 14.7. The van der Waals surface area contributed by atoms with E-state index in [0.29, 0.717) is 17.1 Å². The van der Waals surface area contributed by atoms with Crippen molar-refractivity contribution in [2.24, 2.45) is 5.73 Å². The van der Waals surface area contributed by atoms with Gasteiger partial charge in [0.1, 0.15) is 17.3 Å². The van der Waals surface area contributed by atoms with Gasteiger partial charge in [-0.15, -0.1) is 0 Å². The molecule has 4 nitrogen and oxygen atoms in total. The fourth-order valence-corrected chi connectivity index (χ4v) is 1.74. The molecule has 0 aliphatic heterocycles. The largest absolute Gasteiger partial charge is 0.320 e. The summed E-state index contributed by atoms with van der Waals surface area (Å²) in [5.74, 6) is 4.95. The van der Waals surface area contributed by atoms with Gasteiger partial charge in [-0.05, 0) is 42.7 Å². The van der Waals surface area contributed by atoms with E-state index in [-0.39, 0.29) is 12.1 Å². The summed E-state index contributed by atoms with van der Waals surface area (Å²) in [6.07, 6.45) is 0. The van der Waals surface area contributed by atoms with Crippen molar-refractivity contribution in [3.63, 3.8) is 0 Å². The minimum absolute atomic E-state index is 0.237. The van der Waals surface area contributed by atoms with Crippen molar-refractivity contribution >= 4 is 11.7 Å². The molecule has 0 aliphatic rings. The Kier molecular flexibility index (Phi) is 4.64. The summed E-state index contributed by atoms with van der Waals surface area (Å²) < 4.78 is 13.2. The summed E-state index contributed by atoms with van der Waals surface area (Å²) in [4.78, 5) is 16.3. The molecule has 1 aromatic heterocycles. The van der Waals surface area contributed by atoms with Crippen LogP contribution >= 0.6 is 0 Å². The Bertz CT molecular complexity index is 732. The third kappa shape index (κ3) is 3.88. The lowest BCUT2D eigenvalue weighted by Crippen LogP contribution is -2.14. The highest BCUT2D eigenvalue weighted by atomic mass is 19.1. The van der Waals surface area contributed by atoms with Gasteiger partial charge in [0, 0.05) is 5.56 Å². The highest BCUT2D eigenvalue weighted by molar-refractivity contribution is 6.04. The molecule has 0 fully saturated rings. The van der Waals surface area contributed by atoms with Crippen LogP contribution in [-0.4, -0.2) is 17.4 Å². The van der Waals surface area contributed by atoms with Gasteiger partial charge in [-0.3, -0.25) is 4.79 Å². The van der Waals surface area contributed by atoms with Gasteiger partial charge in [-0.2, -0.15) is 0 Å². The number of aryl methyl sites for hydroxylation is 1. The molecule has 0 atom stereocenters. The second kappa shape index (κ2) is 6.64. The van der Waals surface area contributed by atoms with Gasteiger partial charge in [-0.1, -0.05) is 18.1 Å². The number of carbonyl (C=O) groups is 1. The zero-order valence-electron chi connectivity index (χ0n) is 11.5. The maximum atomic E-state index is 13.2. The van der Waals surface area contributed by atoms with Crippen molar-refractivity contribution in [3.8, 4) is 11.8 Å². The number of amides is 1. The number of anilines is 1. The van der Waals surface area contributed by atoms with Crippen LogP contribution in [0.5, 0.6) is 0 Å². The molecule has 0 radical (unpaired) electrons. The number of nitrogens with zero attached hydrogens (tertiary/aromatic N) is 1. The van der Waals surface area contributed by atoms with Gasteiger partial charge in [0.05, 0.1) is 6.54 Å². The lowest BCUT2D eigenvalue weighted by molar-refractivity contribution is 0.102. The number of pyridine rings is 1. The fraction of sp³-hybridized carbons (Fsp3) is 0.125. The van der Waals surface area contributed by atoms with Gasteiger partial charge in [0.25, 0.3) is 5.91 Å². The molecule has 1 amide bonds. The van der Waals surface area contributed by atoms with E-state index in [4.69, 9.17) is 5.73 Å². The summed E-state index contributed by atoms with van der Waals surface area (Å²) in [6, 6.07) is 9.14. The van der Waals surface area contributed by atoms with E-state index in [1.165, 1.54) is 12.1 Å². The SMILES string of the molecule is Cc1ccc(F)cc1C(=O)Nc1cccc(C#CCN)n1. The quantitative estimate of drug-likeness (QED) is 0.829. The van der Waals surface area contributed by atoms with Crippen molar-refractivity contribution in [1.29, 1.82) is 0 Å². The molecule has 0 saturated carbocycles. The predicted octanol–water partition coefficient (Wildman–Crippen LogP) is 2.09. The summed E-state index contributed by atoms with van der Waals surface area (Å²) in [6.45, 7) is 1.98. The number of benzene rings is 1. The van der Waals surface area contributed by atoms with E-state index >= 15 is 0 Å². The Morgan fingerprint density at radius 2 is 2.19 bits per heavy atom. The maximum absolute atomic E-state index is 13.2. The molecular weight excluding hydrogens is 269 g/mol. The van der Waals surface area contributed by atoms with Crippen molar-refractivity contribution in [1.82, 2.24) is 4.98 Å². The van der Waals surface area contributed by atoms with Crippen molar-refractivity contribution in [2.45, 2.75) is 6.92 Å². The number of rotatable bonds is 2. The van der Waals surface area contributed by atoms with E-state index in [1.54, 1.807) is 31.2 Å². The van der Waals surface area contributed by atoms with Gasteiger partial charge >= 0.3 is 0 Å². The van der Waals surface area contributed by atoms with Crippen LogP contribution in [0.2, 0.25) is 0 Å². The zero-order valence-corrected chi connectivity index (χ0v) is 11.5. The Morgan fingerprint density at radius 3 is 2.95 bits per heavy atom. The lowest BCUT2D eigenvalue weighted by Gasteiger charge is -2.07. The second-order valence-corrected chi connectivity index (χ2v) is 4.33. The molecule has 106 valence electrons. The summed E-state index contributed by atoms with van der Waals surface area (Å²) in [5, 5.41) is 2.63. The molecule has 0 aliphatic carbocycles. The van der Waals surface area contributed by atoms with Gasteiger partial charge in [0.2, 0.25) is 0 Å². The molecule has 2 aromatic rings. The second-order valence-electron chi connectivity index (χ2n) is 4.33. The minimum atomic E-state index is -0.457. The Labute approximate surface area is 122 Å². The summed E-state index contributed by atoms with van der Waals surface area (Å²) in [5.41, 5.74) is 6.77. The molecule has 1 heterocycles. The van der Waals surface area contributed by atoms with Crippen LogP contribution < -0.4 is 11.1 Å². The maximum Gasteiger partial charge on any atom is 0.257 e. The van der Waals surface area contributed by atoms with Crippen molar-refractivity contribution in [2.75, 3.05) is 11.9 Å². The van der Waals surface area contributed by atoms with Crippen LogP contribution in [0.25, 0.3) is 0 Å². The molecule has 0 bridgehead atoms. The topological polar surface area (TPSA) is 68.0 Å². The standard InChI is InChI=1S/C16H14FN3O/c1-11-7-8-12(17)10-14(11)16(21)20-15-6-2-4-13(19-15)5-3-9-18/h2,4,6-8,10H,9,18H2,1H3,(H,19,20,21). The third-order valence-electron chi connectivity index (χ3n) is 2.75. The first-order valence-electron chi connectivity index (χ1n) is 6.33. The highest BCUT2D eigenvalue weighted by Gasteiger charge is 2.11. The number of hydrogen-bond acceptors (Lipinski definition) is 3. The zero-order chi connectivity index (χ0) is 15.2. The number of halogens is 1.